The van der Waals surface area contributed by atoms with Gasteiger partial charge in [-0.2, -0.15) is 0 Å². The number of likely N-dealkylation sites (tertiary alicyclic amines) is 1. The van der Waals surface area contributed by atoms with Gasteiger partial charge in [0.15, 0.2) is 0 Å². The number of nitrogens with zero attached hydrogens (tertiary/aromatic N) is 1. The molecule has 0 spiro atoms. The second-order valence-corrected chi connectivity index (χ2v) is 6.87. The SMILES string of the molecule is O=C(NCC(=O)N1CCC2CCC(C1)N2)c1cccc(Br)c1. The number of hydrogen-bond acceptors (Lipinski definition) is 3. The van der Waals surface area contributed by atoms with E-state index < -0.39 is 0 Å². The first-order valence-corrected chi connectivity index (χ1v) is 8.49. The Morgan fingerprint density at radius 1 is 1.27 bits per heavy atom. The summed E-state index contributed by atoms with van der Waals surface area (Å²) in [6.45, 7) is 1.59. The number of fused-ring (bicyclic) bond motifs is 2. The summed E-state index contributed by atoms with van der Waals surface area (Å²) in [5.74, 6) is -0.221. The van der Waals surface area contributed by atoms with E-state index in [2.05, 4.69) is 26.6 Å². The summed E-state index contributed by atoms with van der Waals surface area (Å²) >= 11 is 3.34. The maximum absolute atomic E-state index is 12.3. The Balaban J connectivity index is 1.52. The van der Waals surface area contributed by atoms with Gasteiger partial charge in [0.25, 0.3) is 5.91 Å². The number of benzene rings is 1. The van der Waals surface area contributed by atoms with E-state index >= 15 is 0 Å². The van der Waals surface area contributed by atoms with Crippen LogP contribution in [-0.2, 0) is 4.79 Å². The fourth-order valence-electron chi connectivity index (χ4n) is 3.17. The fraction of sp³-hybridized carbons (Fsp3) is 0.500. The van der Waals surface area contributed by atoms with E-state index in [1.54, 1.807) is 18.2 Å². The molecule has 2 N–H and O–H groups in total. The minimum Gasteiger partial charge on any atom is -0.343 e. The van der Waals surface area contributed by atoms with Crippen LogP contribution in [0.15, 0.2) is 28.7 Å². The molecule has 0 aliphatic carbocycles. The van der Waals surface area contributed by atoms with Crippen LogP contribution in [0.5, 0.6) is 0 Å². The fourth-order valence-corrected chi connectivity index (χ4v) is 3.57. The standard InChI is InChI=1S/C16H20BrN3O2/c17-12-3-1-2-11(8-12)16(22)18-9-15(21)20-7-6-13-4-5-14(10-20)19-13/h1-3,8,13-14,19H,4-7,9-10H2,(H,18,22). The van der Waals surface area contributed by atoms with Crippen molar-refractivity contribution in [3.05, 3.63) is 34.3 Å². The molecular formula is C16H20BrN3O2. The van der Waals surface area contributed by atoms with Gasteiger partial charge < -0.3 is 15.5 Å². The first kappa shape index (κ1) is 15.5. The van der Waals surface area contributed by atoms with Gasteiger partial charge in [0, 0.05) is 35.2 Å². The second-order valence-electron chi connectivity index (χ2n) is 5.96. The topological polar surface area (TPSA) is 61.4 Å². The van der Waals surface area contributed by atoms with Crippen molar-refractivity contribution in [3.63, 3.8) is 0 Å². The predicted molar refractivity (Wildman–Crippen MR) is 87.6 cm³/mol. The van der Waals surface area contributed by atoms with Gasteiger partial charge >= 0.3 is 0 Å². The number of halogens is 1. The molecule has 22 heavy (non-hydrogen) atoms. The van der Waals surface area contributed by atoms with Crippen LogP contribution in [0.4, 0.5) is 0 Å². The van der Waals surface area contributed by atoms with Crippen molar-refractivity contribution in [2.24, 2.45) is 0 Å². The van der Waals surface area contributed by atoms with Crippen LogP contribution in [0.3, 0.4) is 0 Å². The highest BCUT2D eigenvalue weighted by atomic mass is 79.9. The van der Waals surface area contributed by atoms with Gasteiger partial charge in [-0.25, -0.2) is 0 Å². The maximum Gasteiger partial charge on any atom is 0.251 e. The van der Waals surface area contributed by atoms with Crippen LogP contribution >= 0.6 is 15.9 Å². The minimum absolute atomic E-state index is 0.00213. The number of hydrogen-bond donors (Lipinski definition) is 2. The molecule has 3 rings (SSSR count). The molecule has 2 fully saturated rings. The molecule has 2 amide bonds. The molecule has 2 atom stereocenters. The third-order valence-corrected chi connectivity index (χ3v) is 4.86. The maximum atomic E-state index is 12.3. The highest BCUT2D eigenvalue weighted by Gasteiger charge is 2.31. The smallest absolute Gasteiger partial charge is 0.251 e. The monoisotopic (exact) mass is 365 g/mol. The zero-order valence-corrected chi connectivity index (χ0v) is 13.9. The van der Waals surface area contributed by atoms with E-state index in [4.69, 9.17) is 0 Å². The van der Waals surface area contributed by atoms with E-state index in [-0.39, 0.29) is 18.4 Å². The van der Waals surface area contributed by atoms with Crippen molar-refractivity contribution in [2.45, 2.75) is 31.3 Å². The number of carbonyl (C=O) groups excluding carboxylic acids is 2. The minimum atomic E-state index is -0.218. The van der Waals surface area contributed by atoms with Crippen molar-refractivity contribution in [1.29, 1.82) is 0 Å². The molecule has 2 aliphatic heterocycles. The van der Waals surface area contributed by atoms with Gasteiger partial charge in [-0.3, -0.25) is 9.59 Å². The van der Waals surface area contributed by atoms with Crippen LogP contribution < -0.4 is 10.6 Å². The van der Waals surface area contributed by atoms with E-state index in [0.717, 1.165) is 30.4 Å². The lowest BCUT2D eigenvalue weighted by atomic mass is 10.1. The Bertz CT molecular complexity index is 578. The van der Waals surface area contributed by atoms with E-state index in [0.29, 0.717) is 17.6 Å². The molecule has 2 aliphatic rings. The Morgan fingerprint density at radius 2 is 2.09 bits per heavy atom. The molecule has 1 aromatic carbocycles. The van der Waals surface area contributed by atoms with Crippen molar-refractivity contribution in [3.8, 4) is 0 Å². The summed E-state index contributed by atoms with van der Waals surface area (Å²) in [5, 5.41) is 6.26. The van der Waals surface area contributed by atoms with Gasteiger partial charge in [0.05, 0.1) is 6.54 Å². The van der Waals surface area contributed by atoms with Crippen LogP contribution in [0.25, 0.3) is 0 Å². The summed E-state index contributed by atoms with van der Waals surface area (Å²) < 4.78 is 0.848. The Kier molecular flexibility index (Phi) is 4.78. The number of carbonyl (C=O) groups is 2. The normalized spacial score (nSPS) is 24.0. The van der Waals surface area contributed by atoms with E-state index in [1.807, 2.05) is 11.0 Å². The third-order valence-electron chi connectivity index (χ3n) is 4.36. The largest absolute Gasteiger partial charge is 0.343 e. The highest BCUT2D eigenvalue weighted by molar-refractivity contribution is 9.10. The van der Waals surface area contributed by atoms with Crippen LogP contribution in [0.2, 0.25) is 0 Å². The van der Waals surface area contributed by atoms with Crippen LogP contribution in [0, 0.1) is 0 Å². The number of rotatable bonds is 3. The molecule has 2 heterocycles. The number of amides is 2. The third kappa shape index (κ3) is 3.67. The molecule has 0 aromatic heterocycles. The molecule has 5 nitrogen and oxygen atoms in total. The van der Waals surface area contributed by atoms with Crippen molar-refractivity contribution < 1.29 is 9.59 Å². The predicted octanol–water partition coefficient (Wildman–Crippen LogP) is 1.53. The molecule has 6 heteroatoms. The number of nitrogens with one attached hydrogen (secondary N) is 2. The first-order valence-electron chi connectivity index (χ1n) is 7.69. The lowest BCUT2D eigenvalue weighted by molar-refractivity contribution is -0.130. The average Bonchev–Trinajstić information content (AvgIpc) is 2.83. The molecule has 0 saturated carbocycles. The summed E-state index contributed by atoms with van der Waals surface area (Å²) in [6, 6.07) is 8.11. The zero-order chi connectivity index (χ0) is 15.5. The van der Waals surface area contributed by atoms with E-state index in [1.165, 1.54) is 6.42 Å². The molecule has 2 bridgehead atoms. The molecular weight excluding hydrogens is 346 g/mol. The lowest BCUT2D eigenvalue weighted by Crippen LogP contribution is -2.44. The molecule has 1 aromatic rings. The summed E-state index contributed by atoms with van der Waals surface area (Å²) in [4.78, 5) is 26.2. The summed E-state index contributed by atoms with van der Waals surface area (Å²) in [5.41, 5.74) is 0.554. The van der Waals surface area contributed by atoms with Gasteiger partial charge in [-0.1, -0.05) is 22.0 Å². The Hall–Kier alpha value is -1.40. The zero-order valence-electron chi connectivity index (χ0n) is 12.3. The first-order chi connectivity index (χ1) is 10.6. The van der Waals surface area contributed by atoms with Gasteiger partial charge in [-0.15, -0.1) is 0 Å². The highest BCUT2D eigenvalue weighted by Crippen LogP contribution is 2.20. The van der Waals surface area contributed by atoms with Crippen molar-refractivity contribution in [2.75, 3.05) is 19.6 Å². The molecule has 2 saturated heterocycles. The summed E-state index contributed by atoms with van der Waals surface area (Å²) in [7, 11) is 0. The Morgan fingerprint density at radius 3 is 2.91 bits per heavy atom. The molecule has 0 radical (unpaired) electrons. The Labute approximate surface area is 138 Å². The van der Waals surface area contributed by atoms with Crippen molar-refractivity contribution >= 4 is 27.7 Å². The average molecular weight is 366 g/mol. The lowest BCUT2D eigenvalue weighted by Gasteiger charge is -2.24. The van der Waals surface area contributed by atoms with Crippen molar-refractivity contribution in [1.82, 2.24) is 15.5 Å². The van der Waals surface area contributed by atoms with E-state index in [9.17, 15) is 9.59 Å². The quantitative estimate of drug-likeness (QED) is 0.853. The van der Waals surface area contributed by atoms with Crippen LogP contribution in [-0.4, -0.2) is 48.4 Å². The van der Waals surface area contributed by atoms with Gasteiger partial charge in [0.1, 0.15) is 0 Å². The summed E-state index contributed by atoms with van der Waals surface area (Å²) in [6.07, 6.45) is 3.35. The van der Waals surface area contributed by atoms with Gasteiger partial charge in [0.2, 0.25) is 5.91 Å². The second kappa shape index (κ2) is 6.79. The molecule has 118 valence electrons. The van der Waals surface area contributed by atoms with Gasteiger partial charge in [-0.05, 0) is 37.5 Å². The molecule has 2 unspecified atom stereocenters. The van der Waals surface area contributed by atoms with Crippen LogP contribution in [0.1, 0.15) is 29.6 Å².